The summed E-state index contributed by atoms with van der Waals surface area (Å²) in [7, 11) is 4.62. The van der Waals surface area contributed by atoms with Gasteiger partial charge in [0.25, 0.3) is 0 Å². The molecule has 17 heavy (non-hydrogen) atoms. The van der Waals surface area contributed by atoms with Crippen LogP contribution in [-0.2, 0) is 0 Å². The van der Waals surface area contributed by atoms with Crippen LogP contribution in [0.4, 0.5) is 0 Å². The summed E-state index contributed by atoms with van der Waals surface area (Å²) in [5.41, 5.74) is 0.668. The summed E-state index contributed by atoms with van der Waals surface area (Å²) < 4.78 is 15.6. The van der Waals surface area contributed by atoms with Gasteiger partial charge in [-0.2, -0.15) is 0 Å². The Labute approximate surface area is 106 Å². The van der Waals surface area contributed by atoms with Crippen molar-refractivity contribution in [1.29, 1.82) is 0 Å². The van der Waals surface area contributed by atoms with Gasteiger partial charge in [-0.1, -0.05) is 0 Å². The lowest BCUT2D eigenvalue weighted by atomic mass is 10.1. The highest BCUT2D eigenvalue weighted by atomic mass is 35.5. The molecular weight excluding hydrogens is 244 g/mol. The van der Waals surface area contributed by atoms with Gasteiger partial charge in [-0.25, -0.2) is 0 Å². The highest BCUT2D eigenvalue weighted by Crippen LogP contribution is 2.40. The first kappa shape index (κ1) is 13.9. The van der Waals surface area contributed by atoms with E-state index in [9.17, 15) is 5.11 Å². The number of benzene rings is 1. The van der Waals surface area contributed by atoms with Gasteiger partial charge in [-0.3, -0.25) is 0 Å². The molecule has 1 aromatic carbocycles. The van der Waals surface area contributed by atoms with Gasteiger partial charge in [0.05, 0.1) is 32.8 Å². The minimum absolute atomic E-state index is 0.551. The number of ether oxygens (including phenoxy) is 3. The second-order valence-corrected chi connectivity index (χ2v) is 4.06. The fourth-order valence-electron chi connectivity index (χ4n) is 1.53. The minimum atomic E-state index is -0.691. The van der Waals surface area contributed by atoms with Crippen LogP contribution < -0.4 is 14.2 Å². The Morgan fingerprint density at radius 2 is 1.47 bits per heavy atom. The predicted molar refractivity (Wildman–Crippen MR) is 66.4 cm³/mol. The second-order valence-electron chi connectivity index (χ2n) is 3.59. The number of halogens is 1. The molecule has 1 N–H and O–H groups in total. The van der Waals surface area contributed by atoms with Gasteiger partial charge in [0.1, 0.15) is 5.75 Å². The number of aliphatic hydroxyl groups excluding tert-OH is 1. The minimum Gasteiger partial charge on any atom is -0.496 e. The highest BCUT2D eigenvalue weighted by Gasteiger charge is 2.21. The Morgan fingerprint density at radius 1 is 1.00 bits per heavy atom. The first-order chi connectivity index (χ1) is 8.04. The van der Waals surface area contributed by atoms with Crippen LogP contribution in [0.1, 0.15) is 17.9 Å². The summed E-state index contributed by atoms with van der Waals surface area (Å²) in [6, 6.07) is 3.40. The fourth-order valence-corrected chi connectivity index (χ4v) is 1.70. The number of rotatable bonds is 5. The smallest absolute Gasteiger partial charge is 0.164 e. The summed E-state index contributed by atoms with van der Waals surface area (Å²) >= 11 is 6.12. The first-order valence-corrected chi connectivity index (χ1v) is 5.60. The van der Waals surface area contributed by atoms with Crippen molar-refractivity contribution >= 4 is 11.6 Å². The Morgan fingerprint density at radius 3 is 1.88 bits per heavy atom. The largest absolute Gasteiger partial charge is 0.496 e. The van der Waals surface area contributed by atoms with Gasteiger partial charge in [-0.05, 0) is 13.0 Å². The van der Waals surface area contributed by atoms with Gasteiger partial charge in [-0.15, -0.1) is 11.6 Å². The van der Waals surface area contributed by atoms with E-state index in [-0.39, 0.29) is 0 Å². The molecule has 0 amide bonds. The van der Waals surface area contributed by atoms with E-state index in [1.165, 1.54) is 7.11 Å². The molecule has 0 aliphatic heterocycles. The topological polar surface area (TPSA) is 47.9 Å². The second kappa shape index (κ2) is 5.98. The number of aliphatic hydroxyl groups is 1. The first-order valence-electron chi connectivity index (χ1n) is 5.17. The maximum Gasteiger partial charge on any atom is 0.164 e. The van der Waals surface area contributed by atoms with Crippen molar-refractivity contribution in [1.82, 2.24) is 0 Å². The molecule has 0 heterocycles. The molecule has 96 valence electrons. The van der Waals surface area contributed by atoms with Gasteiger partial charge in [0.15, 0.2) is 11.5 Å². The van der Waals surface area contributed by atoms with Crippen LogP contribution in [0, 0.1) is 0 Å². The molecule has 0 spiro atoms. The quantitative estimate of drug-likeness (QED) is 0.826. The Balaban J connectivity index is 3.28. The zero-order valence-electron chi connectivity index (χ0n) is 10.4. The van der Waals surface area contributed by atoms with Crippen LogP contribution >= 0.6 is 11.6 Å². The van der Waals surface area contributed by atoms with E-state index < -0.39 is 11.5 Å². The summed E-state index contributed by atoms with van der Waals surface area (Å²) in [6.45, 7) is 1.62. The van der Waals surface area contributed by atoms with Crippen LogP contribution in [0.25, 0.3) is 0 Å². The van der Waals surface area contributed by atoms with Crippen molar-refractivity contribution in [3.05, 3.63) is 17.7 Å². The highest BCUT2D eigenvalue weighted by molar-refractivity contribution is 6.21. The Hall–Kier alpha value is -1.13. The zero-order chi connectivity index (χ0) is 13.0. The van der Waals surface area contributed by atoms with Crippen molar-refractivity contribution in [3.63, 3.8) is 0 Å². The fraction of sp³-hybridized carbons (Fsp3) is 0.500. The standard InChI is InChI=1S/C12H17ClO4/c1-7(14)12(13)8-5-10(16-3)11(17-4)6-9(8)15-2/h5-7,12,14H,1-4H3. The average molecular weight is 261 g/mol. The lowest BCUT2D eigenvalue weighted by Gasteiger charge is -2.19. The van der Waals surface area contributed by atoms with Crippen LogP contribution in [0.15, 0.2) is 12.1 Å². The molecule has 0 bridgehead atoms. The monoisotopic (exact) mass is 260 g/mol. The Kier molecular flexibility index (Phi) is 4.90. The van der Waals surface area contributed by atoms with E-state index in [0.29, 0.717) is 22.8 Å². The van der Waals surface area contributed by atoms with E-state index in [0.717, 1.165) is 0 Å². The molecule has 0 aromatic heterocycles. The maximum absolute atomic E-state index is 9.52. The van der Waals surface area contributed by atoms with E-state index in [2.05, 4.69) is 0 Å². The van der Waals surface area contributed by atoms with Crippen molar-refractivity contribution in [2.45, 2.75) is 18.4 Å². The van der Waals surface area contributed by atoms with Crippen LogP contribution in [0.2, 0.25) is 0 Å². The maximum atomic E-state index is 9.52. The van der Waals surface area contributed by atoms with Gasteiger partial charge in [0.2, 0.25) is 0 Å². The van der Waals surface area contributed by atoms with Crippen molar-refractivity contribution in [3.8, 4) is 17.2 Å². The molecule has 4 nitrogen and oxygen atoms in total. The molecule has 1 aromatic rings. The lowest BCUT2D eigenvalue weighted by Crippen LogP contribution is -2.10. The van der Waals surface area contributed by atoms with Crippen LogP contribution in [0.5, 0.6) is 17.2 Å². The number of hydrogen-bond donors (Lipinski definition) is 1. The van der Waals surface area contributed by atoms with Gasteiger partial charge < -0.3 is 19.3 Å². The molecule has 0 saturated heterocycles. The summed E-state index contributed by atoms with van der Waals surface area (Å²) in [4.78, 5) is 0. The number of hydrogen-bond acceptors (Lipinski definition) is 4. The summed E-state index contributed by atoms with van der Waals surface area (Å²) in [6.07, 6.45) is -0.691. The third-order valence-electron chi connectivity index (χ3n) is 2.46. The number of alkyl halides is 1. The van der Waals surface area contributed by atoms with Crippen molar-refractivity contribution in [2.75, 3.05) is 21.3 Å². The third-order valence-corrected chi connectivity index (χ3v) is 3.06. The summed E-state index contributed by atoms with van der Waals surface area (Å²) in [5, 5.41) is 8.96. The van der Waals surface area contributed by atoms with E-state index in [1.54, 1.807) is 33.3 Å². The average Bonchev–Trinajstić information content (AvgIpc) is 2.35. The zero-order valence-corrected chi connectivity index (χ0v) is 11.1. The molecular formula is C12H17ClO4. The molecule has 1 rings (SSSR count). The van der Waals surface area contributed by atoms with Gasteiger partial charge in [0, 0.05) is 11.6 Å². The predicted octanol–water partition coefficient (Wildman–Crippen LogP) is 2.37. The molecule has 5 heteroatoms. The van der Waals surface area contributed by atoms with E-state index in [1.807, 2.05) is 0 Å². The SMILES string of the molecule is COc1cc(OC)c(C(Cl)C(C)O)cc1OC. The van der Waals surface area contributed by atoms with E-state index in [4.69, 9.17) is 25.8 Å². The summed E-state index contributed by atoms with van der Waals surface area (Å²) in [5.74, 6) is 1.67. The van der Waals surface area contributed by atoms with Crippen LogP contribution in [0.3, 0.4) is 0 Å². The molecule has 2 atom stereocenters. The van der Waals surface area contributed by atoms with Crippen LogP contribution in [-0.4, -0.2) is 32.5 Å². The Bertz CT molecular complexity index is 379. The molecule has 0 fully saturated rings. The van der Waals surface area contributed by atoms with Gasteiger partial charge >= 0.3 is 0 Å². The molecule has 2 unspecified atom stereocenters. The molecule has 0 radical (unpaired) electrons. The van der Waals surface area contributed by atoms with Crippen molar-refractivity contribution < 1.29 is 19.3 Å². The number of methoxy groups -OCH3 is 3. The molecule has 0 saturated carbocycles. The molecule has 0 aliphatic rings. The normalized spacial score (nSPS) is 14.0. The van der Waals surface area contributed by atoms with E-state index >= 15 is 0 Å². The lowest BCUT2D eigenvalue weighted by molar-refractivity contribution is 0.188. The van der Waals surface area contributed by atoms with Crippen molar-refractivity contribution in [2.24, 2.45) is 0 Å². The molecule has 0 aliphatic carbocycles. The third kappa shape index (κ3) is 2.96.